The second kappa shape index (κ2) is 6.65. The Balaban J connectivity index is 2.28. The first-order valence-corrected chi connectivity index (χ1v) is 7.36. The molecule has 0 unspecified atom stereocenters. The number of hydrogen-bond donors (Lipinski definition) is 2. The average Bonchev–Trinajstić information content (AvgIpc) is 2.87. The number of rotatable bonds is 7. The Morgan fingerprint density at radius 1 is 1.32 bits per heavy atom. The second-order valence-electron chi connectivity index (χ2n) is 4.59. The Bertz CT molecular complexity index is 586. The highest BCUT2D eigenvalue weighted by Crippen LogP contribution is 2.18. The van der Waals surface area contributed by atoms with Crippen molar-refractivity contribution in [3.05, 3.63) is 11.1 Å². The summed E-state index contributed by atoms with van der Waals surface area (Å²) in [4.78, 5) is 12.0. The van der Waals surface area contributed by atoms with Gasteiger partial charge in [0.2, 0.25) is 4.77 Å². The summed E-state index contributed by atoms with van der Waals surface area (Å²) in [6, 6.07) is 0. The van der Waals surface area contributed by atoms with Crippen LogP contribution in [-0.2, 0) is 6.54 Å². The molecule has 0 saturated heterocycles. The molecule has 0 saturated carbocycles. The summed E-state index contributed by atoms with van der Waals surface area (Å²) in [5.41, 5.74) is 1.83. The lowest BCUT2D eigenvalue weighted by Gasteiger charge is -2.10. The summed E-state index contributed by atoms with van der Waals surface area (Å²) in [6.45, 7) is 5.96. The van der Waals surface area contributed by atoms with Gasteiger partial charge in [-0.15, -0.1) is 0 Å². The smallest absolute Gasteiger partial charge is 0.203 e. The molecule has 0 aromatic carbocycles. The third-order valence-electron chi connectivity index (χ3n) is 3.13. The highest BCUT2D eigenvalue weighted by Gasteiger charge is 2.10. The van der Waals surface area contributed by atoms with Gasteiger partial charge in [0.25, 0.3) is 0 Å². The van der Waals surface area contributed by atoms with Crippen molar-refractivity contribution < 1.29 is 0 Å². The standard InChI is InChI=1S/C13H21N5S/c1-3-5-6-7-8-18-12-10(15-9-16-12)11(14-4-2)17-13(18)19/h9H,3-8H2,1-2H3,(H,15,16)(H,14,17,19). The largest absolute Gasteiger partial charge is 0.368 e. The second-order valence-corrected chi connectivity index (χ2v) is 4.95. The van der Waals surface area contributed by atoms with Crippen molar-refractivity contribution in [2.45, 2.75) is 46.1 Å². The normalized spacial score (nSPS) is 11.1. The van der Waals surface area contributed by atoms with E-state index in [-0.39, 0.29) is 0 Å². The lowest BCUT2D eigenvalue weighted by Crippen LogP contribution is -2.08. The first kappa shape index (κ1) is 14.0. The molecule has 0 amide bonds. The third-order valence-corrected chi connectivity index (χ3v) is 3.44. The summed E-state index contributed by atoms with van der Waals surface area (Å²) < 4.78 is 2.63. The molecule has 0 aliphatic carbocycles. The van der Waals surface area contributed by atoms with Crippen LogP contribution in [0.4, 0.5) is 5.82 Å². The number of anilines is 1. The number of H-pyrrole nitrogens is 1. The number of aryl methyl sites for hydroxylation is 1. The number of hydrogen-bond acceptors (Lipinski definition) is 4. The first-order valence-electron chi connectivity index (χ1n) is 6.95. The molecule has 2 aromatic heterocycles. The molecule has 0 aliphatic heterocycles. The molecule has 104 valence electrons. The molecule has 0 spiro atoms. The summed E-state index contributed by atoms with van der Waals surface area (Å²) in [6.07, 6.45) is 6.54. The molecule has 5 nitrogen and oxygen atoms in total. The Morgan fingerprint density at radius 2 is 2.16 bits per heavy atom. The summed E-state index contributed by atoms with van der Waals surface area (Å²) in [7, 11) is 0. The predicted molar refractivity (Wildman–Crippen MR) is 81.0 cm³/mol. The Kier molecular flexibility index (Phi) is 4.90. The average molecular weight is 279 g/mol. The van der Waals surface area contributed by atoms with E-state index in [9.17, 15) is 0 Å². The molecule has 2 aromatic rings. The van der Waals surface area contributed by atoms with Gasteiger partial charge in [-0.2, -0.15) is 0 Å². The fourth-order valence-corrected chi connectivity index (χ4v) is 2.43. The molecule has 19 heavy (non-hydrogen) atoms. The van der Waals surface area contributed by atoms with E-state index in [4.69, 9.17) is 12.2 Å². The van der Waals surface area contributed by atoms with Crippen LogP contribution in [0.25, 0.3) is 11.2 Å². The lowest BCUT2D eigenvalue weighted by atomic mass is 10.2. The van der Waals surface area contributed by atoms with Crippen LogP contribution in [0.5, 0.6) is 0 Å². The zero-order valence-electron chi connectivity index (χ0n) is 11.6. The van der Waals surface area contributed by atoms with Crippen molar-refractivity contribution in [3.63, 3.8) is 0 Å². The van der Waals surface area contributed by atoms with Gasteiger partial charge in [-0.3, -0.25) is 4.57 Å². The summed E-state index contributed by atoms with van der Waals surface area (Å²) >= 11 is 5.38. The quantitative estimate of drug-likeness (QED) is 0.601. The molecular formula is C13H21N5S. The lowest BCUT2D eigenvalue weighted by molar-refractivity contribution is 0.580. The Morgan fingerprint density at radius 3 is 2.89 bits per heavy atom. The van der Waals surface area contributed by atoms with Crippen LogP contribution in [0.2, 0.25) is 0 Å². The maximum Gasteiger partial charge on any atom is 0.203 e. The van der Waals surface area contributed by atoms with E-state index in [0.717, 1.165) is 36.5 Å². The van der Waals surface area contributed by atoms with Crippen LogP contribution in [0.3, 0.4) is 0 Å². The minimum Gasteiger partial charge on any atom is -0.368 e. The van der Waals surface area contributed by atoms with Gasteiger partial charge in [0.1, 0.15) is 5.52 Å². The van der Waals surface area contributed by atoms with E-state index in [0.29, 0.717) is 4.77 Å². The number of aromatic amines is 1. The SMILES string of the molecule is CCCCCCn1c(=S)nc(NCC)c2[nH]cnc21. The van der Waals surface area contributed by atoms with E-state index in [1.54, 1.807) is 6.33 Å². The van der Waals surface area contributed by atoms with Crippen molar-refractivity contribution in [2.75, 3.05) is 11.9 Å². The minimum atomic E-state index is 0.604. The van der Waals surface area contributed by atoms with E-state index in [2.05, 4.69) is 27.2 Å². The molecule has 2 N–H and O–H groups in total. The molecule has 0 bridgehead atoms. The van der Waals surface area contributed by atoms with Crippen molar-refractivity contribution in [3.8, 4) is 0 Å². The van der Waals surface area contributed by atoms with Gasteiger partial charge in [0, 0.05) is 13.1 Å². The molecule has 0 aliphatic rings. The fraction of sp³-hybridized carbons (Fsp3) is 0.615. The van der Waals surface area contributed by atoms with Gasteiger partial charge in [-0.05, 0) is 25.6 Å². The van der Waals surface area contributed by atoms with Crippen LogP contribution in [0.15, 0.2) is 6.33 Å². The monoisotopic (exact) mass is 279 g/mol. The maximum absolute atomic E-state index is 5.38. The van der Waals surface area contributed by atoms with Crippen molar-refractivity contribution in [1.82, 2.24) is 19.5 Å². The number of nitrogens with zero attached hydrogens (tertiary/aromatic N) is 3. The van der Waals surface area contributed by atoms with Gasteiger partial charge in [0.05, 0.1) is 6.33 Å². The van der Waals surface area contributed by atoms with Crippen LogP contribution >= 0.6 is 12.2 Å². The van der Waals surface area contributed by atoms with E-state index in [1.807, 2.05) is 11.5 Å². The van der Waals surface area contributed by atoms with Crippen LogP contribution in [-0.4, -0.2) is 26.1 Å². The van der Waals surface area contributed by atoms with Crippen LogP contribution in [0.1, 0.15) is 39.5 Å². The molecule has 6 heteroatoms. The topological polar surface area (TPSA) is 58.5 Å². The molecule has 0 fully saturated rings. The molecule has 2 rings (SSSR count). The molecule has 0 radical (unpaired) electrons. The van der Waals surface area contributed by atoms with Gasteiger partial charge in [-0.1, -0.05) is 26.2 Å². The van der Waals surface area contributed by atoms with E-state index in [1.165, 1.54) is 19.3 Å². The Hall–Kier alpha value is -1.43. The van der Waals surface area contributed by atoms with Gasteiger partial charge < -0.3 is 10.3 Å². The minimum absolute atomic E-state index is 0.604. The highest BCUT2D eigenvalue weighted by atomic mass is 32.1. The van der Waals surface area contributed by atoms with Crippen molar-refractivity contribution in [1.29, 1.82) is 0 Å². The zero-order chi connectivity index (χ0) is 13.7. The van der Waals surface area contributed by atoms with Gasteiger partial charge in [0.15, 0.2) is 11.5 Å². The molecule has 2 heterocycles. The van der Waals surface area contributed by atoms with E-state index >= 15 is 0 Å². The summed E-state index contributed by atoms with van der Waals surface area (Å²) in [5, 5.41) is 3.22. The fourth-order valence-electron chi connectivity index (χ4n) is 2.16. The summed E-state index contributed by atoms with van der Waals surface area (Å²) in [5.74, 6) is 0.796. The molecule has 0 atom stereocenters. The van der Waals surface area contributed by atoms with Crippen molar-refractivity contribution in [2.24, 2.45) is 0 Å². The predicted octanol–water partition coefficient (Wildman–Crippen LogP) is 3.50. The number of aromatic nitrogens is 4. The molecular weight excluding hydrogens is 258 g/mol. The number of fused-ring (bicyclic) bond motifs is 1. The number of nitrogens with one attached hydrogen (secondary N) is 2. The van der Waals surface area contributed by atoms with Gasteiger partial charge >= 0.3 is 0 Å². The third kappa shape index (κ3) is 3.12. The van der Waals surface area contributed by atoms with E-state index < -0.39 is 0 Å². The van der Waals surface area contributed by atoms with Crippen LogP contribution in [0, 0.1) is 4.77 Å². The van der Waals surface area contributed by atoms with Crippen LogP contribution < -0.4 is 5.32 Å². The Labute approximate surface area is 118 Å². The number of imidazole rings is 1. The van der Waals surface area contributed by atoms with Gasteiger partial charge in [-0.25, -0.2) is 9.97 Å². The number of unbranched alkanes of at least 4 members (excludes halogenated alkanes) is 3. The van der Waals surface area contributed by atoms with Crippen molar-refractivity contribution >= 4 is 29.2 Å². The maximum atomic E-state index is 5.38. The first-order chi connectivity index (χ1) is 9.27. The zero-order valence-corrected chi connectivity index (χ0v) is 12.4. The highest BCUT2D eigenvalue weighted by molar-refractivity contribution is 7.71.